The van der Waals surface area contributed by atoms with Crippen LogP contribution in [-0.2, 0) is 16.0 Å². The van der Waals surface area contributed by atoms with Gasteiger partial charge in [0, 0.05) is 35.8 Å². The van der Waals surface area contributed by atoms with E-state index in [4.69, 9.17) is 18.0 Å². The van der Waals surface area contributed by atoms with Gasteiger partial charge in [-0.25, -0.2) is 0 Å². The Morgan fingerprint density at radius 2 is 2.21 bits per heavy atom. The van der Waals surface area contributed by atoms with Crippen LogP contribution in [0.15, 0.2) is 23.8 Å². The van der Waals surface area contributed by atoms with Crippen molar-refractivity contribution in [1.82, 2.24) is 10.2 Å². The standard InChI is InChI=1S/C21H25N3O2S2/c22-16-5-4-14-8-13(9-15(14)10-16)2-1-3-17(25)19-18(27)11-23-20(19)21(26)24-6-7-28-12-24/h4-5,9-10,19-20,23H,1-3,6-8,11-12,22H2/t19?,20-/m0/s1. The van der Waals surface area contributed by atoms with E-state index in [9.17, 15) is 9.59 Å². The van der Waals surface area contributed by atoms with Gasteiger partial charge in [-0.2, -0.15) is 0 Å². The minimum atomic E-state index is -0.475. The Hall–Kier alpha value is -1.70. The lowest BCUT2D eigenvalue weighted by atomic mass is 9.91. The fraction of sp³-hybridized carbons (Fsp3) is 0.476. The average Bonchev–Trinajstić information content (AvgIpc) is 3.39. The Labute approximate surface area is 175 Å². The third-order valence-corrected chi connectivity index (χ3v) is 7.09. The summed E-state index contributed by atoms with van der Waals surface area (Å²) in [6.07, 6.45) is 5.25. The quantitative estimate of drug-likeness (QED) is 0.549. The highest BCUT2D eigenvalue weighted by molar-refractivity contribution is 7.99. The minimum absolute atomic E-state index is 0.0229. The molecule has 7 heteroatoms. The molecule has 3 N–H and O–H groups in total. The molecule has 1 unspecified atom stereocenters. The van der Waals surface area contributed by atoms with Gasteiger partial charge >= 0.3 is 0 Å². The van der Waals surface area contributed by atoms with Gasteiger partial charge in [-0.15, -0.1) is 11.8 Å². The van der Waals surface area contributed by atoms with Crippen LogP contribution < -0.4 is 11.1 Å². The highest BCUT2D eigenvalue weighted by Crippen LogP contribution is 2.30. The van der Waals surface area contributed by atoms with Crippen molar-refractivity contribution in [2.75, 3.05) is 30.5 Å². The SMILES string of the molecule is Nc1ccc2c(c1)C=C(CCCC(=O)C1C(=S)CN[C@@H]1C(=O)N1CCSC1)C2. The molecule has 1 aliphatic carbocycles. The average molecular weight is 416 g/mol. The molecule has 1 aromatic carbocycles. The number of nitrogen functional groups attached to an aromatic ring is 1. The highest BCUT2D eigenvalue weighted by Gasteiger charge is 2.42. The lowest BCUT2D eigenvalue weighted by Crippen LogP contribution is -2.47. The van der Waals surface area contributed by atoms with Crippen LogP contribution in [0.25, 0.3) is 6.08 Å². The molecule has 0 radical (unpaired) electrons. The van der Waals surface area contributed by atoms with Crippen molar-refractivity contribution < 1.29 is 9.59 Å². The van der Waals surface area contributed by atoms with Gasteiger partial charge in [0.15, 0.2) is 0 Å². The van der Waals surface area contributed by atoms with Gasteiger partial charge in [0.1, 0.15) is 11.8 Å². The normalized spacial score (nSPS) is 23.8. The number of thiocarbonyl (C=S) groups is 1. The number of thioether (sulfide) groups is 1. The molecule has 1 aromatic rings. The largest absolute Gasteiger partial charge is 0.399 e. The first-order valence-corrected chi connectivity index (χ1v) is 11.3. The molecule has 2 aliphatic heterocycles. The number of benzene rings is 1. The van der Waals surface area contributed by atoms with E-state index in [0.717, 1.165) is 37.2 Å². The molecule has 1 amide bonds. The van der Waals surface area contributed by atoms with Crippen LogP contribution in [0, 0.1) is 5.92 Å². The number of nitrogens with zero attached hydrogens (tertiary/aromatic N) is 1. The van der Waals surface area contributed by atoms with Gasteiger partial charge in [0.05, 0.1) is 11.8 Å². The maximum atomic E-state index is 12.9. The topological polar surface area (TPSA) is 75.4 Å². The number of Topliss-reactive ketones (excluding diaryl/α,β-unsaturated/α-hetero) is 1. The molecule has 5 nitrogen and oxygen atoms in total. The third kappa shape index (κ3) is 4.02. The second-order valence-electron chi connectivity index (χ2n) is 7.70. The van der Waals surface area contributed by atoms with Gasteiger partial charge in [0.25, 0.3) is 0 Å². The predicted octanol–water partition coefficient (Wildman–Crippen LogP) is 2.44. The maximum Gasteiger partial charge on any atom is 0.241 e. The molecule has 0 saturated carbocycles. The molecule has 2 fully saturated rings. The Kier molecular flexibility index (Phi) is 5.85. The number of ketones is 1. The Bertz CT molecular complexity index is 846. The predicted molar refractivity (Wildman–Crippen MR) is 118 cm³/mol. The summed E-state index contributed by atoms with van der Waals surface area (Å²) in [7, 11) is 0. The van der Waals surface area contributed by atoms with Gasteiger partial charge in [-0.3, -0.25) is 9.59 Å². The fourth-order valence-electron chi connectivity index (χ4n) is 4.23. The van der Waals surface area contributed by atoms with Crippen LogP contribution >= 0.6 is 24.0 Å². The van der Waals surface area contributed by atoms with Crippen LogP contribution in [0.4, 0.5) is 5.69 Å². The summed E-state index contributed by atoms with van der Waals surface area (Å²) in [5, 5.41) is 3.18. The van der Waals surface area contributed by atoms with Crippen LogP contribution in [0.5, 0.6) is 0 Å². The summed E-state index contributed by atoms with van der Waals surface area (Å²) in [5.41, 5.74) is 10.5. The van der Waals surface area contributed by atoms with E-state index >= 15 is 0 Å². The van der Waals surface area contributed by atoms with E-state index in [1.807, 2.05) is 17.0 Å². The molecule has 0 bridgehead atoms. The van der Waals surface area contributed by atoms with Crippen molar-refractivity contribution >= 4 is 52.3 Å². The fourth-order valence-corrected chi connectivity index (χ4v) is 5.54. The first kappa shape index (κ1) is 19.6. The van der Waals surface area contributed by atoms with E-state index in [2.05, 4.69) is 17.5 Å². The molecular formula is C21H25N3O2S2. The molecular weight excluding hydrogens is 390 g/mol. The number of nitrogens with two attached hydrogens (primary N) is 1. The number of allylic oxidation sites excluding steroid dienone is 1. The number of nitrogens with one attached hydrogen (secondary N) is 1. The number of carbonyl (C=O) groups is 2. The van der Waals surface area contributed by atoms with Crippen molar-refractivity contribution in [3.8, 4) is 0 Å². The van der Waals surface area contributed by atoms with Crippen LogP contribution in [0.2, 0.25) is 0 Å². The molecule has 4 rings (SSSR count). The first-order chi connectivity index (χ1) is 13.5. The van der Waals surface area contributed by atoms with Crippen molar-refractivity contribution in [3.63, 3.8) is 0 Å². The molecule has 0 spiro atoms. The van der Waals surface area contributed by atoms with E-state index in [1.165, 1.54) is 16.7 Å². The summed E-state index contributed by atoms with van der Waals surface area (Å²) in [4.78, 5) is 28.2. The monoisotopic (exact) mass is 415 g/mol. The van der Waals surface area contributed by atoms with Gasteiger partial charge in [0.2, 0.25) is 5.91 Å². The zero-order chi connectivity index (χ0) is 19.7. The van der Waals surface area contributed by atoms with Crippen molar-refractivity contribution in [2.24, 2.45) is 5.92 Å². The molecule has 148 valence electrons. The molecule has 0 aromatic heterocycles. The number of anilines is 1. The molecule has 2 saturated heterocycles. The zero-order valence-corrected chi connectivity index (χ0v) is 17.4. The Balaban J connectivity index is 1.32. The first-order valence-electron chi connectivity index (χ1n) is 9.76. The van der Waals surface area contributed by atoms with Gasteiger partial charge in [-0.1, -0.05) is 29.9 Å². The maximum absolute atomic E-state index is 12.9. The molecule has 2 heterocycles. The van der Waals surface area contributed by atoms with Gasteiger partial charge in [-0.05, 0) is 42.5 Å². The molecule has 28 heavy (non-hydrogen) atoms. The van der Waals surface area contributed by atoms with Crippen molar-refractivity contribution in [3.05, 3.63) is 34.9 Å². The number of carbonyl (C=O) groups excluding carboxylic acids is 2. The van der Waals surface area contributed by atoms with Gasteiger partial charge < -0.3 is 16.0 Å². The molecule has 2 atom stereocenters. The number of fused-ring (bicyclic) bond motifs is 1. The van der Waals surface area contributed by atoms with E-state index in [-0.39, 0.29) is 11.7 Å². The van der Waals surface area contributed by atoms with Crippen molar-refractivity contribution in [2.45, 2.75) is 31.7 Å². The van der Waals surface area contributed by atoms with Crippen LogP contribution in [0.1, 0.15) is 30.4 Å². The summed E-state index contributed by atoms with van der Waals surface area (Å²) in [5.74, 6) is 1.34. The lowest BCUT2D eigenvalue weighted by molar-refractivity contribution is -0.135. The number of rotatable bonds is 6. The van der Waals surface area contributed by atoms with E-state index < -0.39 is 12.0 Å². The summed E-state index contributed by atoms with van der Waals surface area (Å²) in [6.45, 7) is 1.24. The second kappa shape index (κ2) is 8.35. The zero-order valence-electron chi connectivity index (χ0n) is 15.8. The second-order valence-corrected chi connectivity index (χ2v) is 9.30. The van der Waals surface area contributed by atoms with E-state index in [1.54, 1.807) is 11.8 Å². The number of hydrogen-bond acceptors (Lipinski definition) is 6. The highest BCUT2D eigenvalue weighted by atomic mass is 32.2. The van der Waals surface area contributed by atoms with E-state index in [0.29, 0.717) is 23.7 Å². The smallest absolute Gasteiger partial charge is 0.241 e. The number of hydrogen-bond donors (Lipinski definition) is 2. The minimum Gasteiger partial charge on any atom is -0.399 e. The van der Waals surface area contributed by atoms with Crippen LogP contribution in [-0.4, -0.2) is 52.2 Å². The Morgan fingerprint density at radius 1 is 1.36 bits per heavy atom. The molecule has 3 aliphatic rings. The number of amides is 1. The summed E-state index contributed by atoms with van der Waals surface area (Å²) in [6, 6.07) is 5.54. The summed E-state index contributed by atoms with van der Waals surface area (Å²) < 4.78 is 0. The summed E-state index contributed by atoms with van der Waals surface area (Å²) >= 11 is 7.17. The third-order valence-electron chi connectivity index (χ3n) is 5.72. The Morgan fingerprint density at radius 3 is 3.00 bits per heavy atom. The lowest BCUT2D eigenvalue weighted by Gasteiger charge is -2.23. The van der Waals surface area contributed by atoms with Crippen molar-refractivity contribution in [1.29, 1.82) is 0 Å². The van der Waals surface area contributed by atoms with Crippen LogP contribution in [0.3, 0.4) is 0 Å².